The Kier molecular flexibility index (Phi) is 19.6. The maximum atomic E-state index is 12.2. The summed E-state index contributed by atoms with van der Waals surface area (Å²) in [5.41, 5.74) is 0. The number of carbonyl (C=O) groups is 4. The van der Waals surface area contributed by atoms with Crippen LogP contribution in [0.15, 0.2) is 0 Å². The van der Waals surface area contributed by atoms with Gasteiger partial charge < -0.3 is 85.1 Å². The third kappa shape index (κ3) is 14.8. The number of hydrogen-bond acceptors (Lipinski definition) is 17. The van der Waals surface area contributed by atoms with Crippen LogP contribution in [0.25, 0.3) is 0 Å². The SMILES string of the molecule is CC(=O)N[C@H]1[C@@H](OC(=O)NCCCOCCOCCOCCCNC(=O)O[C@H]2O[C@H](CO)[C@@H](O)[C@H](O)[C@H]2NC(C)=O)O[C@H](CO)[C@@H](O)[C@@H]1O. The van der Waals surface area contributed by atoms with E-state index in [1.807, 2.05) is 0 Å². The zero-order valence-corrected chi connectivity index (χ0v) is 27.4. The van der Waals surface area contributed by atoms with Crippen LogP contribution in [0.3, 0.4) is 0 Å². The molecule has 284 valence electrons. The van der Waals surface area contributed by atoms with Crippen LogP contribution in [0.5, 0.6) is 0 Å². The summed E-state index contributed by atoms with van der Waals surface area (Å²) in [7, 11) is 0. The lowest BCUT2D eigenvalue weighted by Crippen LogP contribution is -2.65. The Labute approximate surface area is 282 Å². The Bertz CT molecular complexity index is 936. The highest BCUT2D eigenvalue weighted by Crippen LogP contribution is 2.23. The van der Waals surface area contributed by atoms with Crippen molar-refractivity contribution in [3.8, 4) is 0 Å². The van der Waals surface area contributed by atoms with E-state index in [1.54, 1.807) is 0 Å². The molecule has 2 saturated heterocycles. The highest BCUT2D eigenvalue weighted by atomic mass is 16.7. The first-order valence-electron chi connectivity index (χ1n) is 15.8. The van der Waals surface area contributed by atoms with Crippen molar-refractivity contribution in [2.24, 2.45) is 0 Å². The number of aliphatic hydroxyl groups excluding tert-OH is 6. The quantitative estimate of drug-likeness (QED) is 0.0529. The van der Waals surface area contributed by atoms with Crippen molar-refractivity contribution < 1.29 is 83.0 Å². The monoisotopic (exact) mass is 714 g/mol. The van der Waals surface area contributed by atoms with Gasteiger partial charge in [0.25, 0.3) is 0 Å². The molecule has 0 bridgehead atoms. The minimum atomic E-state index is -1.54. The average Bonchev–Trinajstić information content (AvgIpc) is 3.05. The summed E-state index contributed by atoms with van der Waals surface area (Å²) in [5, 5.41) is 68.8. The van der Waals surface area contributed by atoms with Gasteiger partial charge >= 0.3 is 12.2 Å². The summed E-state index contributed by atoms with van der Waals surface area (Å²) >= 11 is 0. The van der Waals surface area contributed by atoms with Crippen LogP contribution in [-0.2, 0) is 42.7 Å². The molecule has 10 atom stereocenters. The normalized spacial score (nSPS) is 29.8. The van der Waals surface area contributed by atoms with Crippen molar-refractivity contribution in [1.29, 1.82) is 0 Å². The van der Waals surface area contributed by atoms with Crippen molar-refractivity contribution >= 4 is 24.0 Å². The lowest BCUT2D eigenvalue weighted by atomic mass is 9.97. The fourth-order valence-electron chi connectivity index (χ4n) is 4.71. The predicted molar refractivity (Wildman–Crippen MR) is 161 cm³/mol. The molecule has 0 radical (unpaired) electrons. The summed E-state index contributed by atoms with van der Waals surface area (Å²) in [6.45, 7) is 3.19. The lowest BCUT2D eigenvalue weighted by Gasteiger charge is -2.41. The second kappa shape index (κ2) is 22.7. The van der Waals surface area contributed by atoms with Gasteiger partial charge in [-0.1, -0.05) is 0 Å². The molecule has 4 amide bonds. The summed E-state index contributed by atoms with van der Waals surface area (Å²) < 4.78 is 37.2. The minimum Gasteiger partial charge on any atom is -0.417 e. The van der Waals surface area contributed by atoms with Crippen LogP contribution >= 0.6 is 0 Å². The smallest absolute Gasteiger partial charge is 0.409 e. The van der Waals surface area contributed by atoms with Crippen molar-refractivity contribution in [3.63, 3.8) is 0 Å². The molecule has 2 aliphatic rings. The van der Waals surface area contributed by atoms with Gasteiger partial charge in [-0.25, -0.2) is 9.59 Å². The van der Waals surface area contributed by atoms with Crippen LogP contribution in [0.1, 0.15) is 26.7 Å². The zero-order valence-electron chi connectivity index (χ0n) is 27.4. The summed E-state index contributed by atoms with van der Waals surface area (Å²) in [5.74, 6) is -1.10. The van der Waals surface area contributed by atoms with E-state index in [9.17, 15) is 49.8 Å². The number of rotatable bonds is 20. The summed E-state index contributed by atoms with van der Waals surface area (Å²) in [6, 6.07) is -2.48. The molecule has 0 aromatic carbocycles. The molecule has 2 heterocycles. The van der Waals surface area contributed by atoms with E-state index in [4.69, 9.17) is 33.2 Å². The largest absolute Gasteiger partial charge is 0.417 e. The zero-order chi connectivity index (χ0) is 36.3. The standard InChI is InChI=1S/C28H50N4O17/c1-15(35)31-19-23(39)21(37)17(13-33)46-25(19)48-27(41)29-5-3-7-43-9-11-45-12-10-44-8-4-6-30-28(42)49-26-20(32-16(2)36)24(40)22(38)18(14-34)47-26/h17-26,33-34,37-40H,3-14H2,1-2H3,(H,29,41)(H,30,42)(H,31,35)(H,32,36)/t17-,18-,19-,20-,21-,22-,23-,24-,25-,26-/m1/s1. The molecule has 21 heteroatoms. The number of ether oxygens (including phenoxy) is 7. The molecule has 49 heavy (non-hydrogen) atoms. The first kappa shape index (κ1) is 42.2. The molecular formula is C28H50N4O17. The molecule has 0 aromatic heterocycles. The topological polar surface area (TPSA) is 302 Å². The van der Waals surface area contributed by atoms with Gasteiger partial charge in [0, 0.05) is 40.2 Å². The van der Waals surface area contributed by atoms with Crippen molar-refractivity contribution in [2.75, 3.05) is 65.9 Å². The second-order valence-corrected chi connectivity index (χ2v) is 11.1. The average molecular weight is 715 g/mol. The Morgan fingerprint density at radius 2 is 0.918 bits per heavy atom. The van der Waals surface area contributed by atoms with Crippen LogP contribution in [0, 0.1) is 0 Å². The van der Waals surface area contributed by atoms with Gasteiger partial charge in [-0.3, -0.25) is 9.59 Å². The predicted octanol–water partition coefficient (Wildman–Crippen LogP) is -4.84. The second-order valence-electron chi connectivity index (χ2n) is 11.1. The molecule has 2 rings (SSSR count). The molecule has 0 unspecified atom stereocenters. The maximum Gasteiger partial charge on any atom is 0.409 e. The Morgan fingerprint density at radius 1 is 0.571 bits per heavy atom. The van der Waals surface area contributed by atoms with E-state index in [0.717, 1.165) is 0 Å². The summed E-state index contributed by atoms with van der Waals surface area (Å²) in [4.78, 5) is 47.2. The van der Waals surface area contributed by atoms with E-state index in [0.29, 0.717) is 39.3 Å². The van der Waals surface area contributed by atoms with Crippen LogP contribution in [0.4, 0.5) is 9.59 Å². The number of carbonyl (C=O) groups excluding carboxylic acids is 4. The highest BCUT2D eigenvalue weighted by molar-refractivity contribution is 5.74. The highest BCUT2D eigenvalue weighted by Gasteiger charge is 2.47. The van der Waals surface area contributed by atoms with E-state index in [-0.39, 0.29) is 26.3 Å². The number of alkyl carbamates (subject to hydrolysis) is 2. The van der Waals surface area contributed by atoms with Gasteiger partial charge in [0.05, 0.1) is 39.6 Å². The molecule has 2 fully saturated rings. The third-order valence-corrected chi connectivity index (χ3v) is 7.16. The Balaban J connectivity index is 1.47. The molecule has 2 aliphatic heterocycles. The summed E-state index contributed by atoms with van der Waals surface area (Å²) in [6.07, 6.45) is -12.3. The van der Waals surface area contributed by atoms with Crippen LogP contribution in [-0.4, -0.2) is 182 Å². The van der Waals surface area contributed by atoms with Crippen molar-refractivity contribution in [1.82, 2.24) is 21.3 Å². The van der Waals surface area contributed by atoms with Gasteiger partial charge in [0.15, 0.2) is 0 Å². The van der Waals surface area contributed by atoms with Gasteiger partial charge in [-0.2, -0.15) is 0 Å². The van der Waals surface area contributed by atoms with Crippen LogP contribution in [0.2, 0.25) is 0 Å². The first-order valence-corrected chi connectivity index (χ1v) is 15.8. The van der Waals surface area contributed by atoms with E-state index in [1.165, 1.54) is 13.8 Å². The van der Waals surface area contributed by atoms with E-state index >= 15 is 0 Å². The molecule has 0 aromatic rings. The third-order valence-electron chi connectivity index (χ3n) is 7.16. The van der Waals surface area contributed by atoms with Gasteiger partial charge in [0.1, 0.15) is 48.7 Å². The van der Waals surface area contributed by atoms with E-state index in [2.05, 4.69) is 21.3 Å². The van der Waals surface area contributed by atoms with Crippen molar-refractivity contribution in [3.05, 3.63) is 0 Å². The maximum absolute atomic E-state index is 12.2. The lowest BCUT2D eigenvalue weighted by molar-refractivity contribution is -0.252. The number of hydrogen-bond donors (Lipinski definition) is 10. The minimum absolute atomic E-state index is 0.176. The van der Waals surface area contributed by atoms with Crippen LogP contribution < -0.4 is 21.3 Å². The number of nitrogens with one attached hydrogen (secondary N) is 4. The Morgan fingerprint density at radius 3 is 1.24 bits per heavy atom. The molecule has 0 spiro atoms. The molecular weight excluding hydrogens is 664 g/mol. The van der Waals surface area contributed by atoms with E-state index < -0.39 is 98.5 Å². The van der Waals surface area contributed by atoms with Gasteiger partial charge in [-0.15, -0.1) is 0 Å². The number of amides is 4. The fourth-order valence-corrected chi connectivity index (χ4v) is 4.71. The van der Waals surface area contributed by atoms with Gasteiger partial charge in [0.2, 0.25) is 24.4 Å². The fraction of sp³-hybridized carbons (Fsp3) is 0.857. The molecule has 0 aliphatic carbocycles. The Hall–Kier alpha value is -2.96. The van der Waals surface area contributed by atoms with Crippen molar-refractivity contribution in [2.45, 2.75) is 88.0 Å². The number of aliphatic hydroxyl groups is 6. The molecule has 0 saturated carbocycles. The van der Waals surface area contributed by atoms with Gasteiger partial charge in [-0.05, 0) is 12.8 Å². The molecule has 21 nitrogen and oxygen atoms in total. The molecule has 10 N–H and O–H groups in total. The first-order chi connectivity index (χ1) is 23.4.